The average molecular weight is 384 g/mol. The van der Waals surface area contributed by atoms with Gasteiger partial charge in [0, 0.05) is 19.4 Å². The van der Waals surface area contributed by atoms with E-state index < -0.39 is 5.97 Å². The number of aliphatic carboxylic acids is 1. The van der Waals surface area contributed by atoms with Crippen molar-refractivity contribution in [3.8, 4) is 0 Å². The van der Waals surface area contributed by atoms with Crippen molar-refractivity contribution in [1.82, 2.24) is 5.32 Å². The number of carbonyl (C=O) groups is 2. The average Bonchev–Trinajstić information content (AvgIpc) is 2.64. The first kappa shape index (κ1) is 25.9. The Morgan fingerprint density at radius 3 is 1.41 bits per heavy atom. The molecule has 0 heterocycles. The highest BCUT2D eigenvalue weighted by atomic mass is 16.4. The van der Waals surface area contributed by atoms with Gasteiger partial charge in [0.1, 0.15) is 0 Å². The summed E-state index contributed by atoms with van der Waals surface area (Å²) in [5, 5.41) is 11.3. The molecular weight excluding hydrogens is 338 g/mol. The highest BCUT2D eigenvalue weighted by Gasteiger charge is 2.02. The van der Waals surface area contributed by atoms with Gasteiger partial charge in [-0.2, -0.15) is 0 Å². The Labute approximate surface area is 167 Å². The zero-order valence-electron chi connectivity index (χ0n) is 17.9. The third-order valence-electron chi connectivity index (χ3n) is 5.15. The molecule has 2 N–H and O–H groups in total. The molecule has 0 aromatic heterocycles. The van der Waals surface area contributed by atoms with Crippen LogP contribution in [0.5, 0.6) is 0 Å². The Bertz CT molecular complexity index is 345. The van der Waals surface area contributed by atoms with Gasteiger partial charge in [0.25, 0.3) is 0 Å². The lowest BCUT2D eigenvalue weighted by Crippen LogP contribution is -2.24. The van der Waals surface area contributed by atoms with E-state index in [0.29, 0.717) is 19.4 Å². The van der Waals surface area contributed by atoms with Crippen molar-refractivity contribution in [1.29, 1.82) is 0 Å². The summed E-state index contributed by atoms with van der Waals surface area (Å²) in [6, 6.07) is 0. The van der Waals surface area contributed by atoms with E-state index >= 15 is 0 Å². The minimum atomic E-state index is -0.804. The largest absolute Gasteiger partial charge is 0.481 e. The van der Waals surface area contributed by atoms with Crippen molar-refractivity contribution < 1.29 is 14.7 Å². The van der Waals surface area contributed by atoms with Gasteiger partial charge >= 0.3 is 5.97 Å². The Morgan fingerprint density at radius 2 is 1.00 bits per heavy atom. The Hall–Kier alpha value is -1.06. The molecule has 0 bridgehead atoms. The van der Waals surface area contributed by atoms with E-state index in [-0.39, 0.29) is 12.3 Å². The van der Waals surface area contributed by atoms with Crippen LogP contribution < -0.4 is 5.32 Å². The predicted molar refractivity (Wildman–Crippen MR) is 114 cm³/mol. The Morgan fingerprint density at radius 1 is 0.593 bits per heavy atom. The number of unbranched alkanes of at least 4 members (excludes halogenated alkanes) is 15. The number of amides is 1. The summed E-state index contributed by atoms with van der Waals surface area (Å²) in [6.45, 7) is 2.75. The molecule has 0 aliphatic carbocycles. The molecule has 0 radical (unpaired) electrons. The molecule has 0 aromatic rings. The van der Waals surface area contributed by atoms with Crippen molar-refractivity contribution >= 4 is 11.9 Å². The third-order valence-corrected chi connectivity index (χ3v) is 5.15. The van der Waals surface area contributed by atoms with E-state index in [9.17, 15) is 9.59 Å². The molecule has 0 aromatic carbocycles. The number of rotatable bonds is 21. The summed E-state index contributed by atoms with van der Waals surface area (Å²) in [5.41, 5.74) is 0. The SMILES string of the molecule is CCCCCCCCCCCCCCCCCCC(=O)NCCCC(=O)O. The van der Waals surface area contributed by atoms with Crippen LogP contribution in [0.25, 0.3) is 0 Å². The zero-order chi connectivity index (χ0) is 20.0. The second-order valence-corrected chi connectivity index (χ2v) is 7.90. The molecule has 0 atom stereocenters. The quantitative estimate of drug-likeness (QED) is 0.219. The maximum absolute atomic E-state index is 11.6. The summed E-state index contributed by atoms with van der Waals surface area (Å²) in [6.07, 6.45) is 22.6. The lowest BCUT2D eigenvalue weighted by atomic mass is 10.0. The molecule has 4 nitrogen and oxygen atoms in total. The van der Waals surface area contributed by atoms with Crippen molar-refractivity contribution in [2.24, 2.45) is 0 Å². The number of carboxylic acids is 1. The summed E-state index contributed by atoms with van der Waals surface area (Å²) >= 11 is 0. The fourth-order valence-corrected chi connectivity index (χ4v) is 3.39. The molecule has 160 valence electrons. The van der Waals surface area contributed by atoms with Crippen LogP contribution in [0, 0.1) is 0 Å². The first-order chi connectivity index (χ1) is 13.2. The van der Waals surface area contributed by atoms with E-state index in [4.69, 9.17) is 5.11 Å². The van der Waals surface area contributed by atoms with E-state index in [1.807, 2.05) is 0 Å². The van der Waals surface area contributed by atoms with Crippen molar-refractivity contribution in [3.63, 3.8) is 0 Å². The molecule has 0 spiro atoms. The Kier molecular flexibility index (Phi) is 20.4. The third kappa shape index (κ3) is 22.9. The normalized spacial score (nSPS) is 10.9. The van der Waals surface area contributed by atoms with Gasteiger partial charge in [-0.1, -0.05) is 103 Å². The van der Waals surface area contributed by atoms with Crippen LogP contribution in [0.4, 0.5) is 0 Å². The van der Waals surface area contributed by atoms with E-state index in [2.05, 4.69) is 12.2 Å². The monoisotopic (exact) mass is 383 g/mol. The van der Waals surface area contributed by atoms with Gasteiger partial charge < -0.3 is 10.4 Å². The van der Waals surface area contributed by atoms with Gasteiger partial charge in [-0.25, -0.2) is 0 Å². The van der Waals surface area contributed by atoms with Gasteiger partial charge in [0.05, 0.1) is 0 Å². The van der Waals surface area contributed by atoms with Gasteiger partial charge in [0.15, 0.2) is 0 Å². The first-order valence-electron chi connectivity index (χ1n) is 11.6. The minimum Gasteiger partial charge on any atom is -0.481 e. The Balaban J connectivity index is 3.12. The van der Waals surface area contributed by atoms with Crippen LogP contribution >= 0.6 is 0 Å². The fourth-order valence-electron chi connectivity index (χ4n) is 3.39. The van der Waals surface area contributed by atoms with Crippen LogP contribution in [0.15, 0.2) is 0 Å². The van der Waals surface area contributed by atoms with Gasteiger partial charge in [-0.15, -0.1) is 0 Å². The zero-order valence-corrected chi connectivity index (χ0v) is 17.9. The summed E-state index contributed by atoms with van der Waals surface area (Å²) < 4.78 is 0. The van der Waals surface area contributed by atoms with E-state index in [0.717, 1.165) is 12.8 Å². The van der Waals surface area contributed by atoms with E-state index in [1.54, 1.807) is 0 Å². The van der Waals surface area contributed by atoms with Crippen LogP contribution in [0.3, 0.4) is 0 Å². The first-order valence-corrected chi connectivity index (χ1v) is 11.6. The second kappa shape index (κ2) is 21.2. The van der Waals surface area contributed by atoms with Gasteiger partial charge in [-0.3, -0.25) is 9.59 Å². The molecule has 0 unspecified atom stereocenters. The van der Waals surface area contributed by atoms with Gasteiger partial charge in [0.2, 0.25) is 5.91 Å². The summed E-state index contributed by atoms with van der Waals surface area (Å²) in [7, 11) is 0. The maximum atomic E-state index is 11.6. The molecule has 0 aliphatic heterocycles. The molecule has 0 fully saturated rings. The number of carbonyl (C=O) groups excluding carboxylic acids is 1. The fraction of sp³-hybridized carbons (Fsp3) is 0.913. The minimum absolute atomic E-state index is 0.0609. The standard InChI is InChI=1S/C23H45NO3/c1-2-3-4-5-6-7-8-9-10-11-12-13-14-15-16-17-19-22(25)24-21-18-20-23(26)27/h2-21H2,1H3,(H,24,25)(H,26,27). The van der Waals surface area contributed by atoms with Crippen molar-refractivity contribution in [2.45, 2.75) is 129 Å². The number of carboxylic acid groups (broad SMARTS) is 1. The predicted octanol–water partition coefficient (Wildman–Crippen LogP) is 6.62. The van der Waals surface area contributed by atoms with Crippen LogP contribution in [0.1, 0.15) is 129 Å². The van der Waals surface area contributed by atoms with Crippen LogP contribution in [-0.2, 0) is 9.59 Å². The second-order valence-electron chi connectivity index (χ2n) is 7.90. The summed E-state index contributed by atoms with van der Waals surface area (Å²) in [4.78, 5) is 21.9. The van der Waals surface area contributed by atoms with Crippen LogP contribution in [0.2, 0.25) is 0 Å². The molecular formula is C23H45NO3. The smallest absolute Gasteiger partial charge is 0.303 e. The molecule has 1 amide bonds. The number of hydrogen-bond donors (Lipinski definition) is 2. The van der Waals surface area contributed by atoms with Gasteiger partial charge in [-0.05, 0) is 12.8 Å². The van der Waals surface area contributed by atoms with Crippen molar-refractivity contribution in [3.05, 3.63) is 0 Å². The molecule has 0 saturated heterocycles. The highest BCUT2D eigenvalue weighted by molar-refractivity contribution is 5.75. The number of hydrogen-bond acceptors (Lipinski definition) is 2. The van der Waals surface area contributed by atoms with Crippen LogP contribution in [-0.4, -0.2) is 23.5 Å². The van der Waals surface area contributed by atoms with Crippen molar-refractivity contribution in [2.75, 3.05) is 6.54 Å². The molecule has 0 rings (SSSR count). The molecule has 27 heavy (non-hydrogen) atoms. The molecule has 4 heteroatoms. The van der Waals surface area contributed by atoms with E-state index in [1.165, 1.54) is 89.9 Å². The molecule has 0 saturated carbocycles. The lowest BCUT2D eigenvalue weighted by molar-refractivity contribution is -0.137. The maximum Gasteiger partial charge on any atom is 0.303 e. The molecule has 0 aliphatic rings. The topological polar surface area (TPSA) is 66.4 Å². The summed E-state index contributed by atoms with van der Waals surface area (Å²) in [5.74, 6) is -0.743. The lowest BCUT2D eigenvalue weighted by Gasteiger charge is -2.05. The number of nitrogens with one attached hydrogen (secondary N) is 1. The highest BCUT2D eigenvalue weighted by Crippen LogP contribution is 2.14.